The summed E-state index contributed by atoms with van der Waals surface area (Å²) in [5.74, 6) is -0.407. The number of nitrogens with one attached hydrogen (secondary N) is 3. The highest BCUT2D eigenvalue weighted by Gasteiger charge is 2.07. The number of carbonyl (C=O) groups is 2. The minimum absolute atomic E-state index is 0.0691. The molecule has 2 aromatic carbocycles. The fourth-order valence-electron chi connectivity index (χ4n) is 2.07. The van der Waals surface area contributed by atoms with Gasteiger partial charge in [0.1, 0.15) is 0 Å². The number of carbonyl (C=O) groups excluding carboxylic acids is 2. The predicted molar refractivity (Wildman–Crippen MR) is 104 cm³/mol. The smallest absolute Gasteiger partial charge is 0.251 e. The van der Waals surface area contributed by atoms with Crippen LogP contribution in [0.2, 0.25) is 10.0 Å². The molecule has 2 rings (SSSR count). The van der Waals surface area contributed by atoms with Crippen LogP contribution >= 0.6 is 23.2 Å². The van der Waals surface area contributed by atoms with Crippen LogP contribution in [0.5, 0.6) is 0 Å². The van der Waals surface area contributed by atoms with Crippen molar-refractivity contribution in [3.8, 4) is 0 Å². The Morgan fingerprint density at radius 2 is 1.69 bits per heavy atom. The van der Waals surface area contributed by atoms with Gasteiger partial charge in [-0.05, 0) is 42.5 Å². The number of benzene rings is 2. The van der Waals surface area contributed by atoms with Gasteiger partial charge in [0.15, 0.2) is 0 Å². The topological polar surface area (TPSA) is 79.5 Å². The molecule has 0 unspecified atom stereocenters. The molecule has 0 radical (unpaired) electrons. The first-order valence-corrected chi connectivity index (χ1v) is 8.61. The molecule has 3 N–H and O–H groups in total. The third-order valence-electron chi connectivity index (χ3n) is 3.40. The number of amides is 2. The summed E-state index contributed by atoms with van der Waals surface area (Å²) in [7, 11) is 1.57. The zero-order valence-corrected chi connectivity index (χ0v) is 15.7. The van der Waals surface area contributed by atoms with Crippen molar-refractivity contribution in [2.24, 2.45) is 0 Å². The van der Waals surface area contributed by atoms with E-state index < -0.39 is 0 Å². The van der Waals surface area contributed by atoms with Gasteiger partial charge in [0.2, 0.25) is 5.91 Å². The molecule has 0 saturated carbocycles. The van der Waals surface area contributed by atoms with E-state index in [1.807, 2.05) is 0 Å². The highest BCUT2D eigenvalue weighted by molar-refractivity contribution is 6.42. The Morgan fingerprint density at radius 1 is 1.00 bits per heavy atom. The molecule has 0 atom stereocenters. The van der Waals surface area contributed by atoms with Crippen molar-refractivity contribution in [1.29, 1.82) is 0 Å². The zero-order valence-electron chi connectivity index (χ0n) is 14.1. The molecular formula is C18H19Cl2N3O3. The summed E-state index contributed by atoms with van der Waals surface area (Å²) in [6, 6.07) is 11.7. The molecule has 26 heavy (non-hydrogen) atoms. The molecule has 138 valence electrons. The molecule has 0 aliphatic heterocycles. The van der Waals surface area contributed by atoms with Crippen LogP contribution in [0.25, 0.3) is 0 Å². The first kappa shape index (κ1) is 20.0. The molecule has 2 aromatic rings. The van der Waals surface area contributed by atoms with Gasteiger partial charge < -0.3 is 20.7 Å². The van der Waals surface area contributed by atoms with Crippen molar-refractivity contribution >= 4 is 46.4 Å². The molecule has 8 heteroatoms. The number of halogens is 2. The molecule has 0 heterocycles. The average molecular weight is 396 g/mol. The number of hydrogen-bond donors (Lipinski definition) is 3. The second-order valence-electron chi connectivity index (χ2n) is 5.36. The minimum atomic E-state index is -0.232. The Labute approximate surface area is 161 Å². The second kappa shape index (κ2) is 10.0. The molecule has 6 nitrogen and oxygen atoms in total. The van der Waals surface area contributed by atoms with E-state index in [0.717, 1.165) is 5.69 Å². The molecule has 0 bridgehead atoms. The van der Waals surface area contributed by atoms with Gasteiger partial charge in [-0.25, -0.2) is 0 Å². The summed E-state index contributed by atoms with van der Waals surface area (Å²) >= 11 is 11.7. The molecule has 2 amide bonds. The van der Waals surface area contributed by atoms with E-state index in [-0.39, 0.29) is 18.4 Å². The first-order valence-electron chi connectivity index (χ1n) is 7.85. The van der Waals surface area contributed by atoms with Crippen LogP contribution in [0.1, 0.15) is 10.4 Å². The Morgan fingerprint density at radius 3 is 2.35 bits per heavy atom. The standard InChI is InChI=1S/C18H19Cl2N3O3/c1-26-9-8-21-18(25)12-2-4-13(5-3-12)22-11-17(24)23-14-6-7-15(19)16(20)10-14/h2-7,10,22H,8-9,11H2,1H3,(H,21,25)(H,23,24). The van der Waals surface area contributed by atoms with Crippen molar-refractivity contribution in [3.05, 3.63) is 58.1 Å². The highest BCUT2D eigenvalue weighted by atomic mass is 35.5. The van der Waals surface area contributed by atoms with E-state index in [4.69, 9.17) is 27.9 Å². The van der Waals surface area contributed by atoms with Gasteiger partial charge in [-0.2, -0.15) is 0 Å². The Hall–Kier alpha value is -2.28. The number of rotatable bonds is 8. The number of hydrogen-bond acceptors (Lipinski definition) is 4. The van der Waals surface area contributed by atoms with E-state index in [1.54, 1.807) is 49.6 Å². The van der Waals surface area contributed by atoms with Crippen LogP contribution in [0.3, 0.4) is 0 Å². The lowest BCUT2D eigenvalue weighted by molar-refractivity contribution is -0.114. The lowest BCUT2D eigenvalue weighted by Crippen LogP contribution is -2.26. The quantitative estimate of drug-likeness (QED) is 0.598. The third-order valence-corrected chi connectivity index (χ3v) is 4.13. The summed E-state index contributed by atoms with van der Waals surface area (Å²) in [4.78, 5) is 23.9. The Kier molecular flexibility index (Phi) is 7.72. The number of methoxy groups -OCH3 is 1. The largest absolute Gasteiger partial charge is 0.383 e. The minimum Gasteiger partial charge on any atom is -0.383 e. The second-order valence-corrected chi connectivity index (χ2v) is 6.17. The highest BCUT2D eigenvalue weighted by Crippen LogP contribution is 2.24. The maximum Gasteiger partial charge on any atom is 0.251 e. The van der Waals surface area contributed by atoms with Crippen molar-refractivity contribution in [1.82, 2.24) is 5.32 Å². The molecule has 0 aromatic heterocycles. The molecule has 0 fully saturated rings. The lowest BCUT2D eigenvalue weighted by atomic mass is 10.2. The molecule has 0 aliphatic carbocycles. The van der Waals surface area contributed by atoms with Crippen molar-refractivity contribution < 1.29 is 14.3 Å². The monoisotopic (exact) mass is 395 g/mol. The van der Waals surface area contributed by atoms with Gasteiger partial charge in [0, 0.05) is 30.6 Å². The van der Waals surface area contributed by atoms with Crippen LogP contribution in [-0.4, -0.2) is 38.6 Å². The molecule has 0 spiro atoms. The van der Waals surface area contributed by atoms with E-state index in [0.29, 0.717) is 34.4 Å². The van der Waals surface area contributed by atoms with Gasteiger partial charge in [0.05, 0.1) is 23.2 Å². The van der Waals surface area contributed by atoms with E-state index in [2.05, 4.69) is 16.0 Å². The Bertz CT molecular complexity index is 767. The average Bonchev–Trinajstić information content (AvgIpc) is 2.63. The third kappa shape index (κ3) is 6.22. The van der Waals surface area contributed by atoms with Gasteiger partial charge in [-0.1, -0.05) is 23.2 Å². The van der Waals surface area contributed by atoms with Crippen LogP contribution in [0.15, 0.2) is 42.5 Å². The summed E-state index contributed by atoms with van der Waals surface area (Å²) in [5, 5.41) is 9.24. The van der Waals surface area contributed by atoms with Crippen molar-refractivity contribution in [2.45, 2.75) is 0 Å². The lowest BCUT2D eigenvalue weighted by Gasteiger charge is -2.09. The maximum absolute atomic E-state index is 12.0. The summed E-state index contributed by atoms with van der Waals surface area (Å²) in [6.45, 7) is 0.975. The van der Waals surface area contributed by atoms with Gasteiger partial charge >= 0.3 is 0 Å². The number of ether oxygens (including phenoxy) is 1. The van der Waals surface area contributed by atoms with Crippen molar-refractivity contribution in [3.63, 3.8) is 0 Å². The normalized spacial score (nSPS) is 10.3. The molecule has 0 aliphatic rings. The fraction of sp³-hybridized carbons (Fsp3) is 0.222. The van der Waals surface area contributed by atoms with E-state index in [9.17, 15) is 9.59 Å². The van der Waals surface area contributed by atoms with Crippen molar-refractivity contribution in [2.75, 3.05) is 37.4 Å². The summed E-state index contributed by atoms with van der Waals surface area (Å²) < 4.78 is 4.88. The van der Waals surface area contributed by atoms with Gasteiger partial charge in [0.25, 0.3) is 5.91 Å². The zero-order chi connectivity index (χ0) is 18.9. The fourth-order valence-corrected chi connectivity index (χ4v) is 2.37. The van der Waals surface area contributed by atoms with E-state index >= 15 is 0 Å². The van der Waals surface area contributed by atoms with Gasteiger partial charge in [-0.15, -0.1) is 0 Å². The maximum atomic E-state index is 12.0. The first-order chi connectivity index (χ1) is 12.5. The Balaban J connectivity index is 1.82. The van der Waals surface area contributed by atoms with Crippen LogP contribution in [0.4, 0.5) is 11.4 Å². The number of anilines is 2. The van der Waals surface area contributed by atoms with Gasteiger partial charge in [-0.3, -0.25) is 9.59 Å². The summed E-state index contributed by atoms with van der Waals surface area (Å²) in [5.41, 5.74) is 1.82. The summed E-state index contributed by atoms with van der Waals surface area (Å²) in [6.07, 6.45) is 0. The molecule has 0 saturated heterocycles. The predicted octanol–water partition coefficient (Wildman–Crippen LogP) is 3.42. The van der Waals surface area contributed by atoms with Crippen LogP contribution < -0.4 is 16.0 Å². The van der Waals surface area contributed by atoms with E-state index in [1.165, 1.54) is 0 Å². The van der Waals surface area contributed by atoms with Crippen LogP contribution in [0, 0.1) is 0 Å². The van der Waals surface area contributed by atoms with Crippen LogP contribution in [-0.2, 0) is 9.53 Å². The SMILES string of the molecule is COCCNC(=O)c1ccc(NCC(=O)Nc2ccc(Cl)c(Cl)c2)cc1. The molecular weight excluding hydrogens is 377 g/mol.